The molecule has 0 unspecified atom stereocenters. The highest BCUT2D eigenvalue weighted by Crippen LogP contribution is 2.36. The number of para-hydroxylation sites is 3. The first-order valence-electron chi connectivity index (χ1n) is 10.5. The molecule has 0 bridgehead atoms. The van der Waals surface area contributed by atoms with Crippen molar-refractivity contribution in [1.82, 2.24) is 20.1 Å². The Kier molecular flexibility index (Phi) is 5.98. The van der Waals surface area contributed by atoms with Gasteiger partial charge in [0.2, 0.25) is 5.91 Å². The van der Waals surface area contributed by atoms with Crippen molar-refractivity contribution in [2.24, 2.45) is 0 Å². The Labute approximate surface area is 195 Å². The predicted molar refractivity (Wildman–Crippen MR) is 123 cm³/mol. The summed E-state index contributed by atoms with van der Waals surface area (Å²) in [5.74, 6) is 1.85. The fourth-order valence-corrected chi connectivity index (χ4v) is 6.30. The van der Waals surface area contributed by atoms with Crippen LogP contribution in [0.25, 0.3) is 5.69 Å². The van der Waals surface area contributed by atoms with Crippen molar-refractivity contribution in [3.05, 3.63) is 60.4 Å². The molecule has 172 valence electrons. The van der Waals surface area contributed by atoms with Gasteiger partial charge in [-0.2, -0.15) is 0 Å². The Morgan fingerprint density at radius 2 is 1.85 bits per heavy atom. The average Bonchev–Trinajstić information content (AvgIpc) is 3.40. The van der Waals surface area contributed by atoms with Crippen LogP contribution in [0.2, 0.25) is 0 Å². The van der Waals surface area contributed by atoms with Crippen LogP contribution in [0, 0.1) is 0 Å². The number of aromatic nitrogens is 3. The van der Waals surface area contributed by atoms with Crippen LogP contribution < -0.4 is 14.8 Å². The van der Waals surface area contributed by atoms with Gasteiger partial charge in [-0.15, -0.1) is 10.2 Å². The third-order valence-corrected chi connectivity index (χ3v) is 8.10. The molecule has 1 N–H and O–H groups in total. The van der Waals surface area contributed by atoms with Crippen LogP contribution in [-0.2, 0) is 14.6 Å². The summed E-state index contributed by atoms with van der Waals surface area (Å²) < 4.78 is 37.1. The second kappa shape index (κ2) is 9.06. The van der Waals surface area contributed by atoms with E-state index in [4.69, 9.17) is 9.47 Å². The number of nitrogens with zero attached hydrogens (tertiary/aromatic N) is 3. The molecule has 0 aliphatic carbocycles. The van der Waals surface area contributed by atoms with E-state index in [9.17, 15) is 13.2 Å². The van der Waals surface area contributed by atoms with Crippen LogP contribution in [0.15, 0.2) is 59.8 Å². The number of hydrogen-bond donors (Lipinski definition) is 1. The average molecular weight is 487 g/mol. The molecule has 0 spiro atoms. The zero-order valence-electron chi connectivity index (χ0n) is 17.6. The molecule has 2 aromatic carbocycles. The van der Waals surface area contributed by atoms with Crippen LogP contribution in [0.1, 0.15) is 18.3 Å². The topological polar surface area (TPSA) is 112 Å². The van der Waals surface area contributed by atoms with Crippen LogP contribution in [0.4, 0.5) is 0 Å². The van der Waals surface area contributed by atoms with Gasteiger partial charge >= 0.3 is 0 Å². The van der Waals surface area contributed by atoms with Crippen molar-refractivity contribution in [2.45, 2.75) is 23.7 Å². The molecule has 9 nitrogen and oxygen atoms in total. The summed E-state index contributed by atoms with van der Waals surface area (Å²) in [6.07, 6.45) is -0.0247. The fraction of sp³-hybridized carbons (Fsp3) is 0.318. The van der Waals surface area contributed by atoms with Crippen LogP contribution in [-0.4, -0.2) is 59.0 Å². The van der Waals surface area contributed by atoms with Gasteiger partial charge in [-0.1, -0.05) is 42.1 Å². The zero-order valence-corrected chi connectivity index (χ0v) is 19.2. The van der Waals surface area contributed by atoms with Gasteiger partial charge in [0.1, 0.15) is 6.61 Å². The Morgan fingerprint density at radius 1 is 1.09 bits per heavy atom. The van der Waals surface area contributed by atoms with Gasteiger partial charge in [0.25, 0.3) is 0 Å². The van der Waals surface area contributed by atoms with E-state index in [1.165, 1.54) is 11.8 Å². The van der Waals surface area contributed by atoms with Crippen molar-refractivity contribution < 1.29 is 22.7 Å². The number of nitrogens with one attached hydrogen (secondary N) is 1. The second-order valence-corrected chi connectivity index (χ2v) is 11.0. The molecule has 3 aromatic rings. The SMILES string of the molecule is O=C(CSc1nnc([C@H]2COc3ccccc3O2)n1-c1ccccc1)N[C@@H]1CCS(=O)(=O)C1. The largest absolute Gasteiger partial charge is 0.485 e. The lowest BCUT2D eigenvalue weighted by molar-refractivity contribution is -0.119. The fourth-order valence-electron chi connectivity index (χ4n) is 3.86. The van der Waals surface area contributed by atoms with E-state index in [0.29, 0.717) is 28.9 Å². The lowest BCUT2D eigenvalue weighted by Crippen LogP contribution is -2.36. The highest BCUT2D eigenvalue weighted by atomic mass is 32.2. The number of carbonyl (C=O) groups excluding carboxylic acids is 1. The van der Waals surface area contributed by atoms with Crippen molar-refractivity contribution in [3.63, 3.8) is 0 Å². The van der Waals surface area contributed by atoms with E-state index in [0.717, 1.165) is 5.69 Å². The minimum atomic E-state index is -3.06. The molecule has 11 heteroatoms. The van der Waals surface area contributed by atoms with Crippen molar-refractivity contribution in [3.8, 4) is 17.2 Å². The summed E-state index contributed by atoms with van der Waals surface area (Å²) in [6, 6.07) is 16.7. The molecule has 1 saturated heterocycles. The van der Waals surface area contributed by atoms with Gasteiger partial charge < -0.3 is 14.8 Å². The summed E-state index contributed by atoms with van der Waals surface area (Å²) in [7, 11) is -3.06. The Bertz CT molecular complexity index is 1260. The highest BCUT2D eigenvalue weighted by molar-refractivity contribution is 7.99. The summed E-state index contributed by atoms with van der Waals surface area (Å²) in [4.78, 5) is 12.4. The zero-order chi connectivity index (χ0) is 22.8. The number of carbonyl (C=O) groups is 1. The first-order chi connectivity index (χ1) is 16.0. The predicted octanol–water partition coefficient (Wildman–Crippen LogP) is 2.18. The highest BCUT2D eigenvalue weighted by Gasteiger charge is 2.31. The molecule has 3 heterocycles. The number of sulfone groups is 1. The number of hydrogen-bond acceptors (Lipinski definition) is 8. The van der Waals surface area contributed by atoms with Gasteiger partial charge in [-0.3, -0.25) is 9.36 Å². The molecule has 1 fully saturated rings. The monoisotopic (exact) mass is 486 g/mol. The van der Waals surface area contributed by atoms with E-state index in [1.54, 1.807) is 0 Å². The number of rotatable bonds is 6. The standard InChI is InChI=1S/C22H22N4O5S2/c27-20(23-15-10-11-33(28,29)14-15)13-32-22-25-24-21(26(22)16-6-2-1-3-7-16)19-12-30-17-8-4-5-9-18(17)31-19/h1-9,15,19H,10-14H2,(H,23,27)/t15-,19-/m1/s1. The molecule has 2 aliphatic heterocycles. The van der Waals surface area contributed by atoms with E-state index in [1.807, 2.05) is 59.2 Å². The Balaban J connectivity index is 1.35. The van der Waals surface area contributed by atoms with Crippen molar-refractivity contribution in [2.75, 3.05) is 23.9 Å². The molecule has 5 rings (SSSR count). The molecule has 1 aromatic heterocycles. The van der Waals surface area contributed by atoms with Gasteiger partial charge in [0.05, 0.1) is 17.3 Å². The molecule has 2 atom stereocenters. The van der Waals surface area contributed by atoms with Gasteiger partial charge in [-0.05, 0) is 30.7 Å². The van der Waals surface area contributed by atoms with Crippen molar-refractivity contribution >= 4 is 27.5 Å². The number of fused-ring (bicyclic) bond motifs is 1. The number of amides is 1. The van der Waals surface area contributed by atoms with E-state index in [-0.39, 0.29) is 35.8 Å². The molecule has 0 saturated carbocycles. The van der Waals surface area contributed by atoms with Gasteiger partial charge in [0, 0.05) is 11.7 Å². The minimum Gasteiger partial charge on any atom is -0.485 e. The second-order valence-electron chi connectivity index (χ2n) is 7.83. The van der Waals surface area contributed by atoms with Crippen LogP contribution in [0.5, 0.6) is 11.5 Å². The minimum absolute atomic E-state index is 0.00571. The maximum atomic E-state index is 12.4. The molecular formula is C22H22N4O5S2. The summed E-state index contributed by atoms with van der Waals surface area (Å²) in [5, 5.41) is 12.0. The summed E-state index contributed by atoms with van der Waals surface area (Å²) >= 11 is 1.24. The maximum absolute atomic E-state index is 12.4. The molecule has 33 heavy (non-hydrogen) atoms. The first-order valence-corrected chi connectivity index (χ1v) is 13.3. The van der Waals surface area contributed by atoms with E-state index < -0.39 is 15.9 Å². The lowest BCUT2D eigenvalue weighted by Gasteiger charge is -2.26. The molecule has 2 aliphatic rings. The number of ether oxygens (including phenoxy) is 2. The summed E-state index contributed by atoms with van der Waals surface area (Å²) in [6.45, 7) is 0.281. The number of benzene rings is 2. The van der Waals surface area contributed by atoms with Crippen molar-refractivity contribution in [1.29, 1.82) is 0 Å². The lowest BCUT2D eigenvalue weighted by atomic mass is 10.2. The quantitative estimate of drug-likeness (QED) is 0.528. The maximum Gasteiger partial charge on any atom is 0.230 e. The summed E-state index contributed by atoms with van der Waals surface area (Å²) in [5.41, 5.74) is 0.838. The number of thioether (sulfide) groups is 1. The molecule has 0 radical (unpaired) electrons. The van der Waals surface area contributed by atoms with Gasteiger partial charge in [0.15, 0.2) is 38.4 Å². The third kappa shape index (κ3) is 4.83. The van der Waals surface area contributed by atoms with Gasteiger partial charge in [-0.25, -0.2) is 8.42 Å². The van der Waals surface area contributed by atoms with E-state index in [2.05, 4.69) is 15.5 Å². The Morgan fingerprint density at radius 3 is 2.61 bits per heavy atom. The molecular weight excluding hydrogens is 464 g/mol. The van der Waals surface area contributed by atoms with E-state index >= 15 is 0 Å². The van der Waals surface area contributed by atoms with Crippen LogP contribution >= 0.6 is 11.8 Å². The molecule has 1 amide bonds. The van der Waals surface area contributed by atoms with Crippen LogP contribution in [0.3, 0.4) is 0 Å². The third-order valence-electron chi connectivity index (χ3n) is 5.40. The first kappa shape index (κ1) is 21.8. The smallest absolute Gasteiger partial charge is 0.230 e. The Hall–Kier alpha value is -3.05. The normalized spacial score (nSPS) is 21.0.